The van der Waals surface area contributed by atoms with Gasteiger partial charge >= 0.3 is 12.1 Å². The lowest BCUT2D eigenvalue weighted by atomic mass is 9.79. The minimum Gasteiger partial charge on any atom is -0.450 e. The Balaban J connectivity index is 1.65. The topological polar surface area (TPSA) is 94.0 Å². The van der Waals surface area contributed by atoms with Crippen molar-refractivity contribution in [2.24, 2.45) is 11.3 Å². The molecule has 0 N–H and O–H groups in total. The van der Waals surface area contributed by atoms with E-state index in [0.29, 0.717) is 5.82 Å². The summed E-state index contributed by atoms with van der Waals surface area (Å²) in [4.78, 5) is 47.5. The number of likely N-dealkylation sites (tertiary alicyclic amines) is 2. The van der Waals surface area contributed by atoms with Gasteiger partial charge in [0.25, 0.3) is 5.91 Å². The van der Waals surface area contributed by atoms with Gasteiger partial charge in [-0.25, -0.2) is 22.9 Å². The van der Waals surface area contributed by atoms with Crippen molar-refractivity contribution in [2.75, 3.05) is 13.1 Å². The molecule has 2 amide bonds. The number of alkyl halides is 1. The third-order valence-corrected chi connectivity index (χ3v) is 8.79. The van der Waals surface area contributed by atoms with Gasteiger partial charge in [0.2, 0.25) is 6.10 Å². The van der Waals surface area contributed by atoms with Crippen LogP contribution in [-0.4, -0.2) is 74.3 Å². The van der Waals surface area contributed by atoms with Gasteiger partial charge in [0.15, 0.2) is 0 Å². The number of amides is 2. The summed E-state index contributed by atoms with van der Waals surface area (Å²) >= 11 is 0. The van der Waals surface area contributed by atoms with E-state index in [1.807, 2.05) is 44.2 Å². The van der Waals surface area contributed by atoms with Crippen molar-refractivity contribution in [1.82, 2.24) is 19.4 Å². The summed E-state index contributed by atoms with van der Waals surface area (Å²) in [5.41, 5.74) is -0.907. The molecule has 1 aromatic heterocycles. The molecule has 0 saturated carbocycles. The molecule has 3 heterocycles. The number of hydrogen-bond donors (Lipinski definition) is 0. The molecule has 2 aliphatic heterocycles. The summed E-state index contributed by atoms with van der Waals surface area (Å²) in [6.07, 6.45) is -0.722. The largest absolute Gasteiger partial charge is 0.450 e. The molecular formula is C36H41F3N4O5. The van der Waals surface area contributed by atoms with Crippen LogP contribution < -0.4 is 0 Å². The van der Waals surface area contributed by atoms with Crippen molar-refractivity contribution in [1.29, 1.82) is 0 Å². The van der Waals surface area contributed by atoms with Gasteiger partial charge < -0.3 is 18.9 Å². The van der Waals surface area contributed by atoms with Crippen molar-refractivity contribution in [3.05, 3.63) is 90.4 Å². The molecule has 2 unspecified atom stereocenters. The number of nitrogens with zero attached hydrogens (tertiary/aromatic N) is 4. The second-order valence-electron chi connectivity index (χ2n) is 14.0. The molecule has 0 bridgehead atoms. The molecule has 2 saturated heterocycles. The molecule has 0 spiro atoms. The van der Waals surface area contributed by atoms with Gasteiger partial charge in [0.1, 0.15) is 29.2 Å². The minimum atomic E-state index is -1.58. The zero-order valence-electron chi connectivity index (χ0n) is 28.0. The van der Waals surface area contributed by atoms with Crippen LogP contribution in [0.1, 0.15) is 59.0 Å². The van der Waals surface area contributed by atoms with Crippen LogP contribution in [0, 0.1) is 23.0 Å². The predicted molar refractivity (Wildman–Crippen MR) is 172 cm³/mol. The van der Waals surface area contributed by atoms with Gasteiger partial charge in [-0.3, -0.25) is 14.5 Å². The Morgan fingerprint density at radius 1 is 1.08 bits per heavy atom. The first-order valence-electron chi connectivity index (χ1n) is 15.8. The maximum absolute atomic E-state index is 16.0. The van der Waals surface area contributed by atoms with Gasteiger partial charge in [-0.1, -0.05) is 50.3 Å². The number of hydrogen-bond acceptors (Lipinski definition) is 6. The Kier molecular flexibility index (Phi) is 9.49. The number of fused-ring (bicyclic) bond motifs is 1. The summed E-state index contributed by atoms with van der Waals surface area (Å²) in [5.74, 6) is -3.43. The summed E-state index contributed by atoms with van der Waals surface area (Å²) in [5, 5.41) is 0. The summed E-state index contributed by atoms with van der Waals surface area (Å²) in [6.45, 7) is 13.5. The number of aromatic nitrogens is 2. The van der Waals surface area contributed by atoms with Gasteiger partial charge in [0, 0.05) is 43.1 Å². The Morgan fingerprint density at radius 3 is 2.40 bits per heavy atom. The van der Waals surface area contributed by atoms with E-state index in [2.05, 4.69) is 6.58 Å². The Morgan fingerprint density at radius 2 is 1.77 bits per heavy atom. The molecule has 0 aliphatic carbocycles. The molecule has 0 radical (unpaired) electrons. The lowest BCUT2D eigenvalue weighted by Crippen LogP contribution is -2.63. The quantitative estimate of drug-likeness (QED) is 0.202. The molecule has 2 aliphatic rings. The number of esters is 1. The number of benzene rings is 2. The molecule has 5 atom stereocenters. The highest BCUT2D eigenvalue weighted by molar-refractivity contribution is 5.87. The molecule has 5 rings (SSSR count). The number of ether oxygens (including phenoxy) is 2. The average Bonchev–Trinajstić information content (AvgIpc) is 3.56. The monoisotopic (exact) mass is 666 g/mol. The first kappa shape index (κ1) is 34.7. The fraction of sp³-hybridized carbons (Fsp3) is 0.444. The number of carbonyl (C=O) groups excluding carboxylic acids is 3. The van der Waals surface area contributed by atoms with Crippen molar-refractivity contribution >= 4 is 18.0 Å². The van der Waals surface area contributed by atoms with Crippen molar-refractivity contribution < 1.29 is 37.0 Å². The van der Waals surface area contributed by atoms with Crippen LogP contribution in [0.5, 0.6) is 0 Å². The lowest BCUT2D eigenvalue weighted by Gasteiger charge is -2.48. The molecule has 9 nitrogen and oxygen atoms in total. The van der Waals surface area contributed by atoms with Crippen LogP contribution in [-0.2, 0) is 25.6 Å². The predicted octanol–water partition coefficient (Wildman–Crippen LogP) is 6.48. The number of halogens is 3. The zero-order valence-corrected chi connectivity index (χ0v) is 28.0. The smallest absolute Gasteiger partial charge is 0.410 e. The Hall–Kier alpha value is -4.61. The van der Waals surface area contributed by atoms with Crippen LogP contribution >= 0.6 is 0 Å². The average molecular weight is 667 g/mol. The fourth-order valence-corrected chi connectivity index (χ4v) is 6.54. The third kappa shape index (κ3) is 6.97. The number of carbonyl (C=O) groups is 3. The highest BCUT2D eigenvalue weighted by atomic mass is 19.1. The molecule has 3 aromatic rings. The number of imidazole rings is 1. The highest BCUT2D eigenvalue weighted by Gasteiger charge is 2.59. The van der Waals surface area contributed by atoms with E-state index in [0.717, 1.165) is 35.6 Å². The van der Waals surface area contributed by atoms with E-state index in [1.54, 1.807) is 37.6 Å². The number of piperidine rings is 1. The van der Waals surface area contributed by atoms with Gasteiger partial charge in [-0.15, -0.1) is 6.58 Å². The van der Waals surface area contributed by atoms with E-state index in [9.17, 15) is 18.8 Å². The first-order valence-corrected chi connectivity index (χ1v) is 15.8. The van der Waals surface area contributed by atoms with E-state index in [4.69, 9.17) is 14.5 Å². The number of rotatable bonds is 8. The van der Waals surface area contributed by atoms with E-state index in [-0.39, 0.29) is 30.9 Å². The van der Waals surface area contributed by atoms with Gasteiger partial charge in [0.05, 0.1) is 24.3 Å². The highest BCUT2D eigenvalue weighted by Crippen LogP contribution is 2.46. The van der Waals surface area contributed by atoms with E-state index >= 15 is 8.78 Å². The van der Waals surface area contributed by atoms with Crippen LogP contribution in [0.4, 0.5) is 18.0 Å². The van der Waals surface area contributed by atoms with Crippen LogP contribution in [0.3, 0.4) is 0 Å². The second kappa shape index (κ2) is 13.1. The van der Waals surface area contributed by atoms with E-state index < -0.39 is 70.9 Å². The summed E-state index contributed by atoms with van der Waals surface area (Å²) < 4.78 is 58.3. The van der Waals surface area contributed by atoms with Gasteiger partial charge in [-0.2, -0.15) is 0 Å². The third-order valence-electron chi connectivity index (χ3n) is 8.79. The van der Waals surface area contributed by atoms with Crippen LogP contribution in [0.25, 0.3) is 11.3 Å². The maximum atomic E-state index is 16.0. The zero-order chi connectivity index (χ0) is 35.1. The molecule has 2 aromatic carbocycles. The van der Waals surface area contributed by atoms with Crippen molar-refractivity contribution in [3.8, 4) is 11.3 Å². The van der Waals surface area contributed by atoms with Crippen molar-refractivity contribution in [3.63, 3.8) is 0 Å². The minimum absolute atomic E-state index is 0.0753. The SMILES string of the molecule is C=CC(C)(C)[C@H](c1nc(-c2cc(F)ccc2F)cn1Cc1ccccc1)N1C[C@H]2C(F)CN(C(=O)OC(C)(C)C)C2[C@H](OC(C)=O)C1=O. The lowest BCUT2D eigenvalue weighted by molar-refractivity contribution is -0.172. The summed E-state index contributed by atoms with van der Waals surface area (Å²) in [6, 6.07) is 10.4. The van der Waals surface area contributed by atoms with Crippen LogP contribution in [0.15, 0.2) is 67.4 Å². The normalized spacial score (nSPS) is 21.9. The Labute approximate surface area is 278 Å². The summed E-state index contributed by atoms with van der Waals surface area (Å²) in [7, 11) is 0. The molecular weight excluding hydrogens is 625 g/mol. The fourth-order valence-electron chi connectivity index (χ4n) is 6.54. The second-order valence-corrected chi connectivity index (χ2v) is 14.0. The Bertz CT molecular complexity index is 1700. The van der Waals surface area contributed by atoms with Gasteiger partial charge in [-0.05, 0) is 44.5 Å². The van der Waals surface area contributed by atoms with E-state index in [1.165, 1.54) is 4.90 Å². The molecule has 48 heavy (non-hydrogen) atoms. The molecule has 2 fully saturated rings. The van der Waals surface area contributed by atoms with Crippen molar-refractivity contribution in [2.45, 2.75) is 78.0 Å². The molecule has 256 valence electrons. The standard InChI is InChI=1S/C36H41F3N4O5/c1-8-36(6,7)31(32-40-28(24-16-23(37)14-15-26(24)38)20-41(32)17-22-12-10-9-11-13-22)43-18-25-27(39)19-42(34(46)48-35(3,4)5)29(25)30(33(43)45)47-21(2)44/h8-16,20,25,27,29-31H,1,17-19H2,2-7H3/t25-,27?,29?,30-,31-/m0/s1. The van der Waals surface area contributed by atoms with Crippen LogP contribution in [0.2, 0.25) is 0 Å². The molecule has 12 heteroatoms. The first-order chi connectivity index (χ1) is 22.5. The maximum Gasteiger partial charge on any atom is 0.410 e.